The summed E-state index contributed by atoms with van der Waals surface area (Å²) in [4.78, 5) is 0. The van der Waals surface area contributed by atoms with Gasteiger partial charge < -0.3 is 10.2 Å². The third-order valence-electron chi connectivity index (χ3n) is 1.30. The van der Waals surface area contributed by atoms with Gasteiger partial charge in [-0.25, -0.2) is 0 Å². The van der Waals surface area contributed by atoms with Gasteiger partial charge in [-0.2, -0.15) is 0 Å². The number of hydrogen-bond acceptors (Lipinski definition) is 2. The molecule has 10 heavy (non-hydrogen) atoms. The van der Waals surface area contributed by atoms with Crippen LogP contribution in [0.1, 0.15) is 26.2 Å². The summed E-state index contributed by atoms with van der Waals surface area (Å²) in [7, 11) is 0. The van der Waals surface area contributed by atoms with Crippen LogP contribution in [0.25, 0.3) is 0 Å². The highest BCUT2D eigenvalue weighted by Crippen LogP contribution is 2.00. The van der Waals surface area contributed by atoms with Crippen molar-refractivity contribution in [3.63, 3.8) is 0 Å². The average Bonchev–Trinajstić information content (AvgIpc) is 1.89. The predicted octanol–water partition coefficient (Wildman–Crippen LogP) is 1.09. The van der Waals surface area contributed by atoms with Crippen LogP contribution in [0, 0.1) is 0 Å². The summed E-state index contributed by atoms with van der Waals surface area (Å²) in [6, 6.07) is 0. The molecule has 0 aliphatic heterocycles. The SMILES string of the molecule is CCCC(O)CC=CCO. The van der Waals surface area contributed by atoms with Crippen LogP contribution in [0.3, 0.4) is 0 Å². The van der Waals surface area contributed by atoms with E-state index in [0.29, 0.717) is 6.42 Å². The molecule has 0 spiro atoms. The van der Waals surface area contributed by atoms with E-state index in [1.54, 1.807) is 12.2 Å². The molecule has 60 valence electrons. The molecule has 0 amide bonds. The van der Waals surface area contributed by atoms with E-state index < -0.39 is 0 Å². The number of aliphatic hydroxyl groups excluding tert-OH is 2. The zero-order valence-electron chi connectivity index (χ0n) is 6.45. The van der Waals surface area contributed by atoms with Crippen molar-refractivity contribution in [2.45, 2.75) is 32.3 Å². The molecule has 0 aromatic heterocycles. The van der Waals surface area contributed by atoms with E-state index >= 15 is 0 Å². The number of rotatable bonds is 5. The molecule has 0 fully saturated rings. The Kier molecular flexibility index (Phi) is 6.55. The zero-order chi connectivity index (χ0) is 7.82. The van der Waals surface area contributed by atoms with Gasteiger partial charge in [0.2, 0.25) is 0 Å². The lowest BCUT2D eigenvalue weighted by atomic mass is 10.1. The minimum atomic E-state index is -0.229. The molecule has 0 saturated carbocycles. The van der Waals surface area contributed by atoms with Crippen LogP contribution in [0.15, 0.2) is 12.2 Å². The molecule has 0 radical (unpaired) electrons. The third-order valence-corrected chi connectivity index (χ3v) is 1.30. The minimum absolute atomic E-state index is 0.0683. The van der Waals surface area contributed by atoms with Crippen LogP contribution in [-0.2, 0) is 0 Å². The van der Waals surface area contributed by atoms with Crippen molar-refractivity contribution in [2.24, 2.45) is 0 Å². The molecule has 1 atom stereocenters. The van der Waals surface area contributed by atoms with Crippen LogP contribution in [0.5, 0.6) is 0 Å². The number of aliphatic hydroxyl groups is 2. The third kappa shape index (κ3) is 5.79. The molecule has 0 rings (SSSR count). The summed E-state index contributed by atoms with van der Waals surface area (Å²) in [6.07, 6.45) is 5.74. The van der Waals surface area contributed by atoms with Gasteiger partial charge in [0.15, 0.2) is 0 Å². The minimum Gasteiger partial charge on any atom is -0.393 e. The van der Waals surface area contributed by atoms with Crippen LogP contribution in [-0.4, -0.2) is 22.9 Å². The van der Waals surface area contributed by atoms with E-state index in [9.17, 15) is 0 Å². The van der Waals surface area contributed by atoms with Crippen molar-refractivity contribution in [1.29, 1.82) is 0 Å². The summed E-state index contributed by atoms with van der Waals surface area (Å²) in [5, 5.41) is 17.5. The summed E-state index contributed by atoms with van der Waals surface area (Å²) >= 11 is 0. The fraction of sp³-hybridized carbons (Fsp3) is 0.750. The van der Waals surface area contributed by atoms with Crippen molar-refractivity contribution in [3.8, 4) is 0 Å². The monoisotopic (exact) mass is 144 g/mol. The van der Waals surface area contributed by atoms with Crippen molar-refractivity contribution < 1.29 is 10.2 Å². The van der Waals surface area contributed by atoms with E-state index in [1.165, 1.54) is 0 Å². The van der Waals surface area contributed by atoms with Gasteiger partial charge in [0.1, 0.15) is 0 Å². The fourth-order valence-electron chi connectivity index (χ4n) is 0.779. The van der Waals surface area contributed by atoms with Crippen molar-refractivity contribution >= 4 is 0 Å². The van der Waals surface area contributed by atoms with Gasteiger partial charge in [-0.05, 0) is 12.8 Å². The summed E-state index contributed by atoms with van der Waals surface area (Å²) in [5.74, 6) is 0. The maximum absolute atomic E-state index is 9.14. The summed E-state index contributed by atoms with van der Waals surface area (Å²) in [6.45, 7) is 2.11. The van der Waals surface area contributed by atoms with E-state index in [0.717, 1.165) is 12.8 Å². The first-order valence-electron chi connectivity index (χ1n) is 3.75. The quantitative estimate of drug-likeness (QED) is 0.567. The summed E-state index contributed by atoms with van der Waals surface area (Å²) in [5.41, 5.74) is 0. The topological polar surface area (TPSA) is 40.5 Å². The highest BCUT2D eigenvalue weighted by Gasteiger charge is 1.97. The Balaban J connectivity index is 3.20. The molecular weight excluding hydrogens is 128 g/mol. The molecule has 0 heterocycles. The van der Waals surface area contributed by atoms with Crippen molar-refractivity contribution in [1.82, 2.24) is 0 Å². The second-order valence-electron chi connectivity index (χ2n) is 2.33. The molecule has 0 aliphatic rings. The van der Waals surface area contributed by atoms with E-state index in [1.807, 2.05) is 6.92 Å². The molecule has 0 aromatic rings. The first-order chi connectivity index (χ1) is 4.81. The Bertz CT molecular complexity index is 89.3. The molecule has 0 saturated heterocycles. The highest BCUT2D eigenvalue weighted by atomic mass is 16.3. The lowest BCUT2D eigenvalue weighted by Crippen LogP contribution is -2.03. The predicted molar refractivity (Wildman–Crippen MR) is 41.8 cm³/mol. The standard InChI is InChI=1S/C8H16O2/c1-2-5-8(10)6-3-4-7-9/h3-4,8-10H,2,5-7H2,1H3. The molecular formula is C8H16O2. The first kappa shape index (κ1) is 9.66. The van der Waals surface area contributed by atoms with Gasteiger partial charge in [-0.1, -0.05) is 25.5 Å². The van der Waals surface area contributed by atoms with Crippen molar-refractivity contribution in [3.05, 3.63) is 12.2 Å². The first-order valence-corrected chi connectivity index (χ1v) is 3.75. The largest absolute Gasteiger partial charge is 0.393 e. The Morgan fingerprint density at radius 1 is 1.40 bits per heavy atom. The molecule has 0 aromatic carbocycles. The van der Waals surface area contributed by atoms with E-state index in [2.05, 4.69) is 0 Å². The number of hydrogen-bond donors (Lipinski definition) is 2. The maximum atomic E-state index is 9.14. The smallest absolute Gasteiger partial charge is 0.0612 e. The second kappa shape index (κ2) is 6.78. The Hall–Kier alpha value is -0.340. The molecule has 0 bridgehead atoms. The lowest BCUT2D eigenvalue weighted by Gasteiger charge is -2.03. The van der Waals surface area contributed by atoms with Crippen molar-refractivity contribution in [2.75, 3.05) is 6.61 Å². The maximum Gasteiger partial charge on any atom is 0.0612 e. The zero-order valence-corrected chi connectivity index (χ0v) is 6.45. The van der Waals surface area contributed by atoms with Gasteiger partial charge in [0, 0.05) is 0 Å². The van der Waals surface area contributed by atoms with Crippen LogP contribution in [0.4, 0.5) is 0 Å². The molecule has 0 aliphatic carbocycles. The Labute approximate surface area is 62.2 Å². The molecule has 2 N–H and O–H groups in total. The molecule has 2 heteroatoms. The lowest BCUT2D eigenvalue weighted by molar-refractivity contribution is 0.166. The summed E-state index contributed by atoms with van der Waals surface area (Å²) < 4.78 is 0. The second-order valence-corrected chi connectivity index (χ2v) is 2.33. The van der Waals surface area contributed by atoms with Gasteiger partial charge in [-0.3, -0.25) is 0 Å². The van der Waals surface area contributed by atoms with E-state index in [4.69, 9.17) is 10.2 Å². The van der Waals surface area contributed by atoms with Gasteiger partial charge in [-0.15, -0.1) is 0 Å². The average molecular weight is 144 g/mol. The van der Waals surface area contributed by atoms with Gasteiger partial charge in [0.05, 0.1) is 12.7 Å². The van der Waals surface area contributed by atoms with Gasteiger partial charge >= 0.3 is 0 Å². The van der Waals surface area contributed by atoms with E-state index in [-0.39, 0.29) is 12.7 Å². The molecule has 1 unspecified atom stereocenters. The highest BCUT2D eigenvalue weighted by molar-refractivity contribution is 4.83. The Morgan fingerprint density at radius 3 is 2.60 bits per heavy atom. The van der Waals surface area contributed by atoms with Crippen LogP contribution < -0.4 is 0 Å². The van der Waals surface area contributed by atoms with Gasteiger partial charge in [0.25, 0.3) is 0 Å². The molecule has 2 nitrogen and oxygen atoms in total. The Morgan fingerprint density at radius 2 is 2.10 bits per heavy atom. The normalized spacial score (nSPS) is 14.3. The fourth-order valence-corrected chi connectivity index (χ4v) is 0.779. The van der Waals surface area contributed by atoms with Crippen LogP contribution in [0.2, 0.25) is 0 Å². The van der Waals surface area contributed by atoms with Crippen LogP contribution >= 0.6 is 0 Å².